The van der Waals surface area contributed by atoms with Crippen molar-refractivity contribution in [2.75, 3.05) is 6.54 Å². The number of nitrogens with one attached hydrogen (secondary N) is 2. The Balaban J connectivity index is 1.52. The van der Waals surface area contributed by atoms with Gasteiger partial charge >= 0.3 is 0 Å². The van der Waals surface area contributed by atoms with Gasteiger partial charge in [0.05, 0.1) is 23.9 Å². The molecule has 2 heterocycles. The first-order valence-corrected chi connectivity index (χ1v) is 8.01. The summed E-state index contributed by atoms with van der Waals surface area (Å²) in [6, 6.07) is 12.3. The van der Waals surface area contributed by atoms with Crippen molar-refractivity contribution in [3.8, 4) is 11.3 Å². The highest BCUT2D eigenvalue weighted by Crippen LogP contribution is 2.25. The Morgan fingerprint density at radius 1 is 1.18 bits per heavy atom. The van der Waals surface area contributed by atoms with Gasteiger partial charge < -0.3 is 14.2 Å². The maximum atomic E-state index is 11.7. The van der Waals surface area contributed by atoms with Gasteiger partial charge in [0, 0.05) is 17.7 Å². The first kappa shape index (κ1) is 18.6. The van der Waals surface area contributed by atoms with E-state index in [4.69, 9.17) is 8.83 Å². The van der Waals surface area contributed by atoms with Crippen LogP contribution >= 0.6 is 0 Å². The number of carbonyl (C=O) groups excluding carboxylic acids is 2. The number of hydrogen-bond acceptors (Lipinski definition) is 7. The van der Waals surface area contributed by atoms with E-state index in [1.165, 1.54) is 30.7 Å². The molecule has 28 heavy (non-hydrogen) atoms. The summed E-state index contributed by atoms with van der Waals surface area (Å²) in [4.78, 5) is 33.6. The summed E-state index contributed by atoms with van der Waals surface area (Å²) in [5, 5.41) is 16.9. The average Bonchev–Trinajstić information content (AvgIpc) is 3.38. The molecule has 10 heteroatoms. The molecular formula is C18H14N4O6. The summed E-state index contributed by atoms with van der Waals surface area (Å²) >= 11 is 0. The molecule has 10 nitrogen and oxygen atoms in total. The van der Waals surface area contributed by atoms with Crippen LogP contribution in [0.3, 0.4) is 0 Å². The molecule has 0 saturated carbocycles. The minimum absolute atomic E-state index is 0.0482. The highest BCUT2D eigenvalue weighted by molar-refractivity contribution is 5.94. The average molecular weight is 382 g/mol. The minimum Gasteiger partial charge on any atom is -0.459 e. The van der Waals surface area contributed by atoms with Gasteiger partial charge in [0.25, 0.3) is 17.5 Å². The van der Waals surface area contributed by atoms with E-state index in [1.807, 2.05) is 0 Å². The third-order valence-electron chi connectivity index (χ3n) is 3.50. The second kappa shape index (κ2) is 8.45. The molecule has 0 fully saturated rings. The van der Waals surface area contributed by atoms with Gasteiger partial charge in [0.15, 0.2) is 5.76 Å². The van der Waals surface area contributed by atoms with Gasteiger partial charge in [0.2, 0.25) is 0 Å². The Bertz CT molecular complexity index is 1020. The lowest BCUT2D eigenvalue weighted by molar-refractivity contribution is -0.384. The van der Waals surface area contributed by atoms with Gasteiger partial charge in [-0.1, -0.05) is 12.1 Å². The number of furan rings is 2. The maximum absolute atomic E-state index is 11.7. The van der Waals surface area contributed by atoms with E-state index >= 15 is 0 Å². The number of carbonyl (C=O) groups is 2. The number of amides is 2. The number of benzene rings is 1. The number of nitrogens with zero attached hydrogens (tertiary/aromatic N) is 2. The molecule has 142 valence electrons. The van der Waals surface area contributed by atoms with E-state index in [1.54, 1.807) is 30.3 Å². The molecule has 0 aliphatic carbocycles. The summed E-state index contributed by atoms with van der Waals surface area (Å²) in [6.07, 6.45) is 2.62. The predicted octanol–water partition coefficient (Wildman–Crippen LogP) is 2.33. The molecule has 0 saturated heterocycles. The summed E-state index contributed by atoms with van der Waals surface area (Å²) in [5.74, 6) is -0.206. The van der Waals surface area contributed by atoms with Gasteiger partial charge in [-0.25, -0.2) is 5.43 Å². The lowest BCUT2D eigenvalue weighted by Gasteiger charge is -2.01. The smallest absolute Gasteiger partial charge is 0.287 e. The monoisotopic (exact) mass is 382 g/mol. The molecule has 0 unspecified atom stereocenters. The topological polar surface area (TPSA) is 140 Å². The molecule has 2 N–H and O–H groups in total. The number of hydrazone groups is 1. The normalized spacial score (nSPS) is 10.7. The summed E-state index contributed by atoms with van der Waals surface area (Å²) in [7, 11) is 0. The standard InChI is InChI=1S/C18H14N4O6/c23-17(11-19-18(24)16-5-2-8-27-16)21-20-10-14-6-7-15(28-14)12-3-1-4-13(9-12)22(25)26/h1-10H,11H2,(H,19,24)(H,21,23)/b20-10-. The van der Waals surface area contributed by atoms with E-state index < -0.39 is 16.7 Å². The molecule has 3 rings (SSSR count). The molecule has 0 aliphatic heterocycles. The zero-order chi connectivity index (χ0) is 19.9. The highest BCUT2D eigenvalue weighted by Gasteiger charge is 2.11. The Hall–Kier alpha value is -4.21. The first-order chi connectivity index (χ1) is 13.5. The van der Waals surface area contributed by atoms with Gasteiger partial charge in [0.1, 0.15) is 11.5 Å². The van der Waals surface area contributed by atoms with Crippen LogP contribution in [0.5, 0.6) is 0 Å². The zero-order valence-electron chi connectivity index (χ0n) is 14.3. The van der Waals surface area contributed by atoms with Crippen LogP contribution in [0.2, 0.25) is 0 Å². The van der Waals surface area contributed by atoms with Crippen molar-refractivity contribution in [1.29, 1.82) is 0 Å². The van der Waals surface area contributed by atoms with Crippen LogP contribution in [-0.4, -0.2) is 29.5 Å². The number of rotatable bonds is 7. The molecule has 1 aromatic carbocycles. The van der Waals surface area contributed by atoms with E-state index in [9.17, 15) is 19.7 Å². The van der Waals surface area contributed by atoms with Crippen LogP contribution < -0.4 is 10.7 Å². The lowest BCUT2D eigenvalue weighted by Crippen LogP contribution is -2.34. The quantitative estimate of drug-likeness (QED) is 0.365. The van der Waals surface area contributed by atoms with Crippen molar-refractivity contribution in [3.63, 3.8) is 0 Å². The van der Waals surface area contributed by atoms with Crippen molar-refractivity contribution in [3.05, 3.63) is 76.4 Å². The SMILES string of the molecule is O=C(CNC(=O)c1ccco1)N/N=C\c1ccc(-c2cccc([N+](=O)[O-])c2)o1. The Morgan fingerprint density at radius 2 is 2.04 bits per heavy atom. The van der Waals surface area contributed by atoms with E-state index in [0.29, 0.717) is 17.1 Å². The van der Waals surface area contributed by atoms with Crippen LogP contribution in [0, 0.1) is 10.1 Å². The van der Waals surface area contributed by atoms with E-state index in [2.05, 4.69) is 15.8 Å². The van der Waals surface area contributed by atoms with E-state index in [0.717, 1.165) is 0 Å². The molecule has 0 radical (unpaired) electrons. The van der Waals surface area contributed by atoms with Gasteiger partial charge in [-0.2, -0.15) is 5.10 Å². The van der Waals surface area contributed by atoms with E-state index in [-0.39, 0.29) is 18.0 Å². The second-order valence-electron chi connectivity index (χ2n) is 5.46. The van der Waals surface area contributed by atoms with Crippen LogP contribution in [0.1, 0.15) is 16.3 Å². The molecule has 3 aromatic rings. The third-order valence-corrected chi connectivity index (χ3v) is 3.50. The molecule has 0 atom stereocenters. The van der Waals surface area contributed by atoms with Crippen LogP contribution in [0.15, 0.2) is 68.7 Å². The van der Waals surface area contributed by atoms with Crippen molar-refractivity contribution in [2.45, 2.75) is 0 Å². The molecule has 0 aliphatic rings. The van der Waals surface area contributed by atoms with Crippen LogP contribution in [-0.2, 0) is 4.79 Å². The fourth-order valence-electron chi connectivity index (χ4n) is 2.21. The van der Waals surface area contributed by atoms with Crippen molar-refractivity contribution in [1.82, 2.24) is 10.7 Å². The number of hydrogen-bond donors (Lipinski definition) is 2. The molecule has 2 amide bonds. The predicted molar refractivity (Wildman–Crippen MR) is 97.6 cm³/mol. The van der Waals surface area contributed by atoms with Crippen LogP contribution in [0.4, 0.5) is 5.69 Å². The van der Waals surface area contributed by atoms with Gasteiger partial charge in [-0.15, -0.1) is 0 Å². The van der Waals surface area contributed by atoms with Gasteiger partial charge in [-0.05, 0) is 24.3 Å². The number of non-ortho nitro benzene ring substituents is 1. The fraction of sp³-hybridized carbons (Fsp3) is 0.0556. The fourth-order valence-corrected chi connectivity index (χ4v) is 2.21. The van der Waals surface area contributed by atoms with Crippen LogP contribution in [0.25, 0.3) is 11.3 Å². The first-order valence-electron chi connectivity index (χ1n) is 8.01. The Kier molecular flexibility index (Phi) is 5.60. The molecule has 0 spiro atoms. The maximum Gasteiger partial charge on any atom is 0.287 e. The second-order valence-corrected chi connectivity index (χ2v) is 5.46. The van der Waals surface area contributed by atoms with Crippen molar-refractivity contribution in [2.24, 2.45) is 5.10 Å². The van der Waals surface area contributed by atoms with Crippen molar-refractivity contribution >= 4 is 23.7 Å². The highest BCUT2D eigenvalue weighted by atomic mass is 16.6. The number of nitro benzene ring substituents is 1. The minimum atomic E-state index is -0.540. The summed E-state index contributed by atoms with van der Waals surface area (Å²) < 4.78 is 10.4. The third kappa shape index (κ3) is 4.69. The summed E-state index contributed by atoms with van der Waals surface area (Å²) in [5.41, 5.74) is 2.73. The molecule has 2 aromatic heterocycles. The largest absolute Gasteiger partial charge is 0.459 e. The molecular weight excluding hydrogens is 368 g/mol. The van der Waals surface area contributed by atoms with Crippen molar-refractivity contribution < 1.29 is 23.3 Å². The van der Waals surface area contributed by atoms with Gasteiger partial charge in [-0.3, -0.25) is 19.7 Å². The summed E-state index contributed by atoms with van der Waals surface area (Å²) in [6.45, 7) is -0.284. The number of nitro groups is 1. The lowest BCUT2D eigenvalue weighted by atomic mass is 10.1. The zero-order valence-corrected chi connectivity index (χ0v) is 14.3. The molecule has 0 bridgehead atoms. The Labute approximate surface area is 158 Å². The Morgan fingerprint density at radius 3 is 2.79 bits per heavy atom.